The van der Waals surface area contributed by atoms with Crippen molar-refractivity contribution in [1.29, 1.82) is 0 Å². The molecule has 23 heavy (non-hydrogen) atoms. The van der Waals surface area contributed by atoms with Crippen molar-refractivity contribution in [2.75, 3.05) is 0 Å². The molecule has 0 aliphatic carbocycles. The first kappa shape index (κ1) is 14.9. The molecule has 2 N–H and O–H groups in total. The molecule has 2 heterocycles. The van der Waals surface area contributed by atoms with E-state index in [9.17, 15) is 9.59 Å². The quantitative estimate of drug-likeness (QED) is 0.722. The summed E-state index contributed by atoms with van der Waals surface area (Å²) in [6, 6.07) is 7.08. The van der Waals surface area contributed by atoms with Crippen LogP contribution in [0.4, 0.5) is 0 Å². The fourth-order valence-electron chi connectivity index (χ4n) is 2.16. The lowest BCUT2D eigenvalue weighted by atomic mass is 10.2. The van der Waals surface area contributed by atoms with Crippen LogP contribution in [0.5, 0.6) is 0 Å². The molecule has 0 aliphatic heterocycles. The second-order valence-electron chi connectivity index (χ2n) is 5.04. The summed E-state index contributed by atoms with van der Waals surface area (Å²) < 4.78 is 4.91. The van der Waals surface area contributed by atoms with Crippen LogP contribution in [-0.4, -0.2) is 26.0 Å². The number of benzene rings is 1. The summed E-state index contributed by atoms with van der Waals surface area (Å²) in [7, 11) is 0. The maximum Gasteiger partial charge on any atom is 0.258 e. The van der Waals surface area contributed by atoms with Crippen molar-refractivity contribution in [3.63, 3.8) is 0 Å². The van der Waals surface area contributed by atoms with Gasteiger partial charge in [0.05, 0.1) is 17.4 Å². The Labute approximate surface area is 130 Å². The molecule has 0 saturated carbocycles. The molecule has 8 heteroatoms. The van der Waals surface area contributed by atoms with E-state index in [0.29, 0.717) is 34.9 Å². The Hall–Kier alpha value is -3.03. The third-order valence-corrected chi connectivity index (χ3v) is 3.26. The molecule has 1 amide bonds. The molecule has 0 bridgehead atoms. The number of nitrogens with zero attached hydrogens (tertiary/aromatic N) is 3. The predicted molar refractivity (Wildman–Crippen MR) is 81.6 cm³/mol. The molecule has 8 nitrogen and oxygen atoms in total. The van der Waals surface area contributed by atoms with Crippen molar-refractivity contribution >= 4 is 16.8 Å². The molecular weight excluding hydrogens is 298 g/mol. The van der Waals surface area contributed by atoms with E-state index in [1.165, 1.54) is 0 Å². The molecule has 3 aromatic rings. The minimum absolute atomic E-state index is 0.182. The Kier molecular flexibility index (Phi) is 4.13. The highest BCUT2D eigenvalue weighted by Gasteiger charge is 2.08. The fourth-order valence-corrected chi connectivity index (χ4v) is 2.16. The van der Waals surface area contributed by atoms with Crippen LogP contribution in [0.2, 0.25) is 0 Å². The molecule has 1 aromatic carbocycles. The van der Waals surface area contributed by atoms with Crippen molar-refractivity contribution in [2.45, 2.75) is 26.3 Å². The van der Waals surface area contributed by atoms with E-state index in [2.05, 4.69) is 25.4 Å². The highest BCUT2D eigenvalue weighted by molar-refractivity contribution is 5.77. The predicted octanol–water partition coefficient (Wildman–Crippen LogP) is 0.864. The van der Waals surface area contributed by atoms with Crippen LogP contribution in [0.15, 0.2) is 33.6 Å². The molecule has 118 valence electrons. The standard InChI is InChI=1S/C15H15N5O3/c1-9-17-14(23-20-9)8-16-13(21)7-6-12-18-11-5-3-2-4-10(11)15(22)19-12/h2-5H,6-8H2,1H3,(H,16,21)(H,18,19,22). The van der Waals surface area contributed by atoms with Crippen LogP contribution in [0.3, 0.4) is 0 Å². The summed E-state index contributed by atoms with van der Waals surface area (Å²) in [5.41, 5.74) is 0.417. The number of nitrogens with one attached hydrogen (secondary N) is 2. The van der Waals surface area contributed by atoms with Crippen LogP contribution in [0, 0.1) is 6.92 Å². The molecule has 0 atom stereocenters. The van der Waals surface area contributed by atoms with Gasteiger partial charge in [-0.25, -0.2) is 4.98 Å². The van der Waals surface area contributed by atoms with Crippen molar-refractivity contribution < 1.29 is 9.32 Å². The van der Waals surface area contributed by atoms with E-state index in [1.807, 2.05) is 6.07 Å². The van der Waals surface area contributed by atoms with Crippen molar-refractivity contribution in [3.05, 3.63) is 52.2 Å². The van der Waals surface area contributed by atoms with E-state index >= 15 is 0 Å². The van der Waals surface area contributed by atoms with Gasteiger partial charge in [0, 0.05) is 12.8 Å². The first-order chi connectivity index (χ1) is 11.1. The number of H-pyrrole nitrogens is 1. The van der Waals surface area contributed by atoms with Gasteiger partial charge in [-0.2, -0.15) is 4.98 Å². The Morgan fingerprint density at radius 3 is 2.91 bits per heavy atom. The van der Waals surface area contributed by atoms with Gasteiger partial charge >= 0.3 is 0 Å². The maximum absolute atomic E-state index is 11.9. The zero-order chi connectivity index (χ0) is 16.2. The summed E-state index contributed by atoms with van der Waals surface area (Å²) in [6.45, 7) is 1.89. The molecule has 0 saturated heterocycles. The molecule has 0 aliphatic rings. The largest absolute Gasteiger partial charge is 0.347 e. The second kappa shape index (κ2) is 6.39. The number of para-hydroxylation sites is 1. The van der Waals surface area contributed by atoms with Gasteiger partial charge in [-0.05, 0) is 19.1 Å². The van der Waals surface area contributed by atoms with Crippen molar-refractivity contribution in [1.82, 2.24) is 25.4 Å². The molecule has 0 spiro atoms. The maximum atomic E-state index is 11.9. The van der Waals surface area contributed by atoms with Gasteiger partial charge in [-0.15, -0.1) is 0 Å². The van der Waals surface area contributed by atoms with Gasteiger partial charge in [-0.3, -0.25) is 9.59 Å². The van der Waals surface area contributed by atoms with E-state index in [-0.39, 0.29) is 24.4 Å². The summed E-state index contributed by atoms with van der Waals surface area (Å²) in [5.74, 6) is 1.18. The Morgan fingerprint density at radius 1 is 1.30 bits per heavy atom. The summed E-state index contributed by atoms with van der Waals surface area (Å²) in [5, 5.41) is 6.85. The number of carbonyl (C=O) groups is 1. The third-order valence-electron chi connectivity index (χ3n) is 3.26. The second-order valence-corrected chi connectivity index (χ2v) is 5.04. The first-order valence-electron chi connectivity index (χ1n) is 7.15. The van der Waals surface area contributed by atoms with Crippen LogP contribution >= 0.6 is 0 Å². The zero-order valence-corrected chi connectivity index (χ0v) is 12.5. The normalized spacial score (nSPS) is 10.8. The zero-order valence-electron chi connectivity index (χ0n) is 12.5. The van der Waals surface area contributed by atoms with Gasteiger partial charge in [0.2, 0.25) is 11.8 Å². The summed E-state index contributed by atoms with van der Waals surface area (Å²) in [6.07, 6.45) is 0.545. The Bertz CT molecular complexity index is 899. The van der Waals surface area contributed by atoms with E-state index in [1.54, 1.807) is 25.1 Å². The lowest BCUT2D eigenvalue weighted by Crippen LogP contribution is -2.24. The molecule has 2 aromatic heterocycles. The number of aryl methyl sites for hydroxylation is 2. The fraction of sp³-hybridized carbons (Fsp3) is 0.267. The first-order valence-corrected chi connectivity index (χ1v) is 7.15. The van der Waals surface area contributed by atoms with Gasteiger partial charge in [0.15, 0.2) is 5.82 Å². The van der Waals surface area contributed by atoms with Crippen molar-refractivity contribution in [2.24, 2.45) is 0 Å². The number of amides is 1. The highest BCUT2D eigenvalue weighted by atomic mass is 16.5. The van der Waals surface area contributed by atoms with E-state index in [0.717, 1.165) is 0 Å². The van der Waals surface area contributed by atoms with Crippen molar-refractivity contribution in [3.8, 4) is 0 Å². The minimum atomic E-state index is -0.202. The van der Waals surface area contributed by atoms with E-state index in [4.69, 9.17) is 4.52 Å². The monoisotopic (exact) mass is 313 g/mol. The average Bonchev–Trinajstić information content (AvgIpc) is 2.96. The van der Waals surface area contributed by atoms with Crippen LogP contribution < -0.4 is 10.9 Å². The van der Waals surface area contributed by atoms with Crippen LogP contribution in [-0.2, 0) is 17.8 Å². The topological polar surface area (TPSA) is 114 Å². The number of hydrogen-bond donors (Lipinski definition) is 2. The summed E-state index contributed by atoms with van der Waals surface area (Å²) >= 11 is 0. The summed E-state index contributed by atoms with van der Waals surface area (Å²) in [4.78, 5) is 34.8. The molecular formula is C15H15N5O3. The van der Waals surface area contributed by atoms with Gasteiger partial charge in [0.25, 0.3) is 5.56 Å². The van der Waals surface area contributed by atoms with Crippen LogP contribution in [0.25, 0.3) is 10.9 Å². The lowest BCUT2D eigenvalue weighted by molar-refractivity contribution is -0.121. The number of fused-ring (bicyclic) bond motifs is 1. The number of rotatable bonds is 5. The van der Waals surface area contributed by atoms with Gasteiger partial charge in [-0.1, -0.05) is 17.3 Å². The Balaban J connectivity index is 1.59. The Morgan fingerprint density at radius 2 is 2.13 bits per heavy atom. The molecule has 0 fully saturated rings. The van der Waals surface area contributed by atoms with Gasteiger partial charge < -0.3 is 14.8 Å². The number of aromatic amines is 1. The minimum Gasteiger partial charge on any atom is -0.347 e. The smallest absolute Gasteiger partial charge is 0.258 e. The number of aromatic nitrogens is 4. The van der Waals surface area contributed by atoms with E-state index < -0.39 is 0 Å². The molecule has 0 unspecified atom stereocenters. The molecule has 3 rings (SSSR count). The van der Waals surface area contributed by atoms with Gasteiger partial charge in [0.1, 0.15) is 5.82 Å². The third kappa shape index (κ3) is 3.60. The highest BCUT2D eigenvalue weighted by Crippen LogP contribution is 2.06. The number of hydrogen-bond acceptors (Lipinski definition) is 6. The molecule has 0 radical (unpaired) electrons. The lowest BCUT2D eigenvalue weighted by Gasteiger charge is -2.04. The average molecular weight is 313 g/mol. The van der Waals surface area contributed by atoms with Crippen LogP contribution in [0.1, 0.15) is 24.0 Å². The number of carbonyl (C=O) groups excluding carboxylic acids is 1. The SMILES string of the molecule is Cc1noc(CNC(=O)CCc2nc3ccccc3c(=O)[nH]2)n1.